The maximum atomic E-state index is 11.9. The quantitative estimate of drug-likeness (QED) is 0.743. The molecule has 0 saturated carbocycles. The lowest BCUT2D eigenvalue weighted by Crippen LogP contribution is -2.29. The van der Waals surface area contributed by atoms with Gasteiger partial charge in [-0.25, -0.2) is 0 Å². The normalized spacial score (nSPS) is 18.1. The third kappa shape index (κ3) is 2.41. The monoisotopic (exact) mass is 206 g/mol. The van der Waals surface area contributed by atoms with Crippen molar-refractivity contribution in [1.82, 2.24) is 9.47 Å². The molecule has 1 atom stereocenters. The molecule has 1 aromatic heterocycles. The fourth-order valence-corrected chi connectivity index (χ4v) is 2.10. The molecule has 0 spiro atoms. The van der Waals surface area contributed by atoms with Crippen LogP contribution in [0.25, 0.3) is 0 Å². The number of hydrogen-bond acceptors (Lipinski definition) is 1. The molecule has 0 radical (unpaired) electrons. The SMILES string of the molecule is CC(CC(=O)N1CCCC1)n1cccc1. The second-order valence-corrected chi connectivity index (χ2v) is 4.27. The molecule has 1 aliphatic rings. The van der Waals surface area contributed by atoms with Crippen molar-refractivity contribution in [2.24, 2.45) is 0 Å². The molecule has 15 heavy (non-hydrogen) atoms. The summed E-state index contributed by atoms with van der Waals surface area (Å²) < 4.78 is 2.09. The van der Waals surface area contributed by atoms with Gasteiger partial charge in [0.05, 0.1) is 0 Å². The lowest BCUT2D eigenvalue weighted by atomic mass is 10.2. The second-order valence-electron chi connectivity index (χ2n) is 4.27. The predicted molar refractivity (Wildman–Crippen MR) is 59.6 cm³/mol. The van der Waals surface area contributed by atoms with E-state index in [9.17, 15) is 4.79 Å². The van der Waals surface area contributed by atoms with Crippen molar-refractivity contribution in [3.8, 4) is 0 Å². The molecule has 0 N–H and O–H groups in total. The van der Waals surface area contributed by atoms with Crippen LogP contribution in [0.5, 0.6) is 0 Å². The number of carbonyl (C=O) groups is 1. The first-order chi connectivity index (χ1) is 7.27. The van der Waals surface area contributed by atoms with Gasteiger partial charge in [0.2, 0.25) is 5.91 Å². The van der Waals surface area contributed by atoms with Crippen LogP contribution in [0, 0.1) is 0 Å². The summed E-state index contributed by atoms with van der Waals surface area (Å²) in [5, 5.41) is 0. The molecule has 2 rings (SSSR count). The van der Waals surface area contributed by atoms with Crippen molar-refractivity contribution in [2.75, 3.05) is 13.1 Å². The Morgan fingerprint density at radius 3 is 2.47 bits per heavy atom. The number of nitrogens with zero attached hydrogens (tertiary/aromatic N) is 2. The van der Waals surface area contributed by atoms with E-state index in [1.165, 1.54) is 12.8 Å². The van der Waals surface area contributed by atoms with Gasteiger partial charge in [0.15, 0.2) is 0 Å². The summed E-state index contributed by atoms with van der Waals surface area (Å²) in [6, 6.07) is 4.27. The zero-order valence-corrected chi connectivity index (χ0v) is 9.22. The van der Waals surface area contributed by atoms with Crippen molar-refractivity contribution < 1.29 is 4.79 Å². The van der Waals surface area contributed by atoms with E-state index in [2.05, 4.69) is 11.5 Å². The van der Waals surface area contributed by atoms with E-state index < -0.39 is 0 Å². The maximum Gasteiger partial charge on any atom is 0.224 e. The molecule has 1 saturated heterocycles. The summed E-state index contributed by atoms with van der Waals surface area (Å²) in [6.07, 6.45) is 6.99. The van der Waals surface area contributed by atoms with Gasteiger partial charge in [-0.05, 0) is 31.9 Å². The van der Waals surface area contributed by atoms with Crippen molar-refractivity contribution in [1.29, 1.82) is 0 Å². The molecule has 1 aromatic rings. The van der Waals surface area contributed by atoms with Gasteiger partial charge in [-0.15, -0.1) is 0 Å². The first-order valence-corrected chi connectivity index (χ1v) is 5.67. The molecule has 1 aliphatic heterocycles. The van der Waals surface area contributed by atoms with Gasteiger partial charge in [-0.1, -0.05) is 0 Å². The Bertz CT molecular complexity index is 312. The molecule has 3 nitrogen and oxygen atoms in total. The average Bonchev–Trinajstić information content (AvgIpc) is 2.91. The first-order valence-electron chi connectivity index (χ1n) is 5.67. The van der Waals surface area contributed by atoms with Crippen LogP contribution in [-0.4, -0.2) is 28.5 Å². The highest BCUT2D eigenvalue weighted by Gasteiger charge is 2.19. The molecular weight excluding hydrogens is 188 g/mol. The van der Waals surface area contributed by atoms with Gasteiger partial charge in [0, 0.05) is 37.9 Å². The van der Waals surface area contributed by atoms with Crippen LogP contribution in [0.15, 0.2) is 24.5 Å². The Labute approximate surface area is 90.7 Å². The van der Waals surface area contributed by atoms with E-state index in [1.54, 1.807) is 0 Å². The van der Waals surface area contributed by atoms with Crippen molar-refractivity contribution in [3.63, 3.8) is 0 Å². The Morgan fingerprint density at radius 2 is 1.87 bits per heavy atom. The minimum Gasteiger partial charge on any atom is -0.351 e. The van der Waals surface area contributed by atoms with E-state index in [0.717, 1.165) is 13.1 Å². The molecule has 1 amide bonds. The largest absolute Gasteiger partial charge is 0.351 e. The summed E-state index contributed by atoms with van der Waals surface area (Å²) >= 11 is 0. The predicted octanol–water partition coefficient (Wildman–Crippen LogP) is 2.06. The third-order valence-electron chi connectivity index (χ3n) is 3.07. The lowest BCUT2D eigenvalue weighted by molar-refractivity contribution is -0.130. The van der Waals surface area contributed by atoms with E-state index >= 15 is 0 Å². The fraction of sp³-hybridized carbons (Fsp3) is 0.583. The molecule has 0 bridgehead atoms. The van der Waals surface area contributed by atoms with Crippen LogP contribution in [0.3, 0.4) is 0 Å². The summed E-state index contributed by atoms with van der Waals surface area (Å²) in [5.74, 6) is 0.300. The van der Waals surface area contributed by atoms with Crippen LogP contribution in [0.1, 0.15) is 32.2 Å². The highest BCUT2D eigenvalue weighted by Crippen LogP contribution is 2.15. The van der Waals surface area contributed by atoms with Gasteiger partial charge in [-0.2, -0.15) is 0 Å². The lowest BCUT2D eigenvalue weighted by Gasteiger charge is -2.19. The zero-order chi connectivity index (χ0) is 10.7. The van der Waals surface area contributed by atoms with Crippen molar-refractivity contribution >= 4 is 5.91 Å². The molecule has 0 aromatic carbocycles. The van der Waals surface area contributed by atoms with E-state index in [1.807, 2.05) is 29.4 Å². The first kappa shape index (κ1) is 10.3. The van der Waals surface area contributed by atoms with Crippen molar-refractivity contribution in [3.05, 3.63) is 24.5 Å². The summed E-state index contributed by atoms with van der Waals surface area (Å²) in [6.45, 7) is 4.00. The summed E-state index contributed by atoms with van der Waals surface area (Å²) in [5.41, 5.74) is 0. The molecule has 2 heterocycles. The molecule has 1 fully saturated rings. The number of likely N-dealkylation sites (tertiary alicyclic amines) is 1. The Kier molecular flexibility index (Phi) is 3.09. The number of amides is 1. The average molecular weight is 206 g/mol. The molecule has 1 unspecified atom stereocenters. The van der Waals surface area contributed by atoms with Gasteiger partial charge < -0.3 is 9.47 Å². The van der Waals surface area contributed by atoms with Crippen LogP contribution < -0.4 is 0 Å². The van der Waals surface area contributed by atoms with Gasteiger partial charge in [-0.3, -0.25) is 4.79 Å². The molecule has 0 aliphatic carbocycles. The Morgan fingerprint density at radius 1 is 1.27 bits per heavy atom. The smallest absolute Gasteiger partial charge is 0.224 e. The van der Waals surface area contributed by atoms with E-state index in [4.69, 9.17) is 0 Å². The maximum absolute atomic E-state index is 11.9. The van der Waals surface area contributed by atoms with E-state index in [0.29, 0.717) is 12.3 Å². The van der Waals surface area contributed by atoms with Gasteiger partial charge in [0.1, 0.15) is 0 Å². The molecule has 3 heteroatoms. The zero-order valence-electron chi connectivity index (χ0n) is 9.22. The topological polar surface area (TPSA) is 25.2 Å². The molecular formula is C12H18N2O. The van der Waals surface area contributed by atoms with Crippen LogP contribution >= 0.6 is 0 Å². The van der Waals surface area contributed by atoms with Gasteiger partial charge >= 0.3 is 0 Å². The number of hydrogen-bond donors (Lipinski definition) is 0. The Hall–Kier alpha value is -1.25. The van der Waals surface area contributed by atoms with E-state index in [-0.39, 0.29) is 6.04 Å². The Balaban J connectivity index is 1.88. The minimum atomic E-state index is 0.271. The van der Waals surface area contributed by atoms with Crippen LogP contribution in [0.2, 0.25) is 0 Å². The van der Waals surface area contributed by atoms with Gasteiger partial charge in [0.25, 0.3) is 0 Å². The van der Waals surface area contributed by atoms with Crippen LogP contribution in [-0.2, 0) is 4.79 Å². The number of aromatic nitrogens is 1. The summed E-state index contributed by atoms with van der Waals surface area (Å²) in [4.78, 5) is 13.8. The number of rotatable bonds is 3. The molecule has 82 valence electrons. The highest BCUT2D eigenvalue weighted by atomic mass is 16.2. The van der Waals surface area contributed by atoms with Crippen molar-refractivity contribution in [2.45, 2.75) is 32.2 Å². The standard InChI is InChI=1S/C12H18N2O/c1-11(13-6-2-3-7-13)10-12(15)14-8-4-5-9-14/h2-3,6-7,11H,4-5,8-10H2,1H3. The minimum absolute atomic E-state index is 0.271. The third-order valence-corrected chi connectivity index (χ3v) is 3.07. The second kappa shape index (κ2) is 4.51. The highest BCUT2D eigenvalue weighted by molar-refractivity contribution is 5.76. The number of carbonyl (C=O) groups excluding carboxylic acids is 1. The fourth-order valence-electron chi connectivity index (χ4n) is 2.10. The summed E-state index contributed by atoms with van der Waals surface area (Å²) in [7, 11) is 0. The van der Waals surface area contributed by atoms with Crippen LogP contribution in [0.4, 0.5) is 0 Å².